The molecule has 0 aliphatic carbocycles. The molecule has 0 unspecified atom stereocenters. The number of benzene rings is 1. The first kappa shape index (κ1) is 14.5. The summed E-state index contributed by atoms with van der Waals surface area (Å²) < 4.78 is 7.01. The van der Waals surface area contributed by atoms with Gasteiger partial charge in [0.15, 0.2) is 16.9 Å². The van der Waals surface area contributed by atoms with Crippen molar-refractivity contribution in [2.24, 2.45) is 0 Å². The number of fused-ring (bicyclic) bond motifs is 1. The number of aromatic nitrogens is 5. The maximum absolute atomic E-state index is 5.95. The Morgan fingerprint density at radius 1 is 1.17 bits per heavy atom. The minimum Gasteiger partial charge on any atom is -0.463 e. The summed E-state index contributed by atoms with van der Waals surface area (Å²) in [4.78, 5) is 8.46. The standard InChI is InChI=1S/C15H12ClN7O/c16-9-4-3-8(6-10(9)17)7-23-14-13(21-22-23)12(19-15(18)20-14)11-2-1-5-24-11/h1-6H,7,17H2,(H2,18,19,20). The van der Waals surface area contributed by atoms with Gasteiger partial charge in [-0.25, -0.2) is 9.67 Å². The molecule has 0 amide bonds. The molecule has 120 valence electrons. The van der Waals surface area contributed by atoms with Gasteiger partial charge in [0.1, 0.15) is 5.69 Å². The Morgan fingerprint density at radius 3 is 2.79 bits per heavy atom. The summed E-state index contributed by atoms with van der Waals surface area (Å²) in [5.74, 6) is 0.671. The van der Waals surface area contributed by atoms with Gasteiger partial charge in [-0.2, -0.15) is 4.98 Å². The number of furan rings is 1. The van der Waals surface area contributed by atoms with Gasteiger partial charge in [0.25, 0.3) is 0 Å². The van der Waals surface area contributed by atoms with E-state index < -0.39 is 0 Å². The topological polar surface area (TPSA) is 122 Å². The largest absolute Gasteiger partial charge is 0.463 e. The van der Waals surface area contributed by atoms with Crippen LogP contribution in [0.3, 0.4) is 0 Å². The first-order valence-electron chi connectivity index (χ1n) is 7.06. The van der Waals surface area contributed by atoms with Crippen molar-refractivity contribution in [3.05, 3.63) is 47.2 Å². The number of halogens is 1. The molecule has 0 spiro atoms. The lowest BCUT2D eigenvalue weighted by Crippen LogP contribution is -2.05. The van der Waals surface area contributed by atoms with Crippen LogP contribution < -0.4 is 11.5 Å². The molecule has 8 nitrogen and oxygen atoms in total. The van der Waals surface area contributed by atoms with Crippen LogP contribution in [0.1, 0.15) is 5.56 Å². The third kappa shape index (κ3) is 2.42. The van der Waals surface area contributed by atoms with Crippen LogP contribution in [0.2, 0.25) is 5.02 Å². The van der Waals surface area contributed by atoms with E-state index in [1.54, 1.807) is 35.2 Å². The van der Waals surface area contributed by atoms with Gasteiger partial charge < -0.3 is 15.9 Å². The highest BCUT2D eigenvalue weighted by molar-refractivity contribution is 6.33. The minimum absolute atomic E-state index is 0.119. The Morgan fingerprint density at radius 2 is 2.04 bits per heavy atom. The summed E-state index contributed by atoms with van der Waals surface area (Å²) >= 11 is 5.95. The molecule has 4 N–H and O–H groups in total. The molecular weight excluding hydrogens is 330 g/mol. The summed E-state index contributed by atoms with van der Waals surface area (Å²) in [6.45, 7) is 0.423. The lowest BCUT2D eigenvalue weighted by Gasteiger charge is -2.05. The Balaban J connectivity index is 1.81. The van der Waals surface area contributed by atoms with Crippen LogP contribution in [0, 0.1) is 0 Å². The van der Waals surface area contributed by atoms with E-state index in [1.807, 2.05) is 6.07 Å². The molecule has 24 heavy (non-hydrogen) atoms. The van der Waals surface area contributed by atoms with E-state index in [9.17, 15) is 0 Å². The number of anilines is 2. The van der Waals surface area contributed by atoms with E-state index in [0.717, 1.165) is 5.56 Å². The zero-order valence-electron chi connectivity index (χ0n) is 12.3. The second kappa shape index (κ2) is 5.50. The third-order valence-corrected chi connectivity index (χ3v) is 3.87. The fourth-order valence-corrected chi connectivity index (χ4v) is 2.55. The molecule has 3 aromatic heterocycles. The van der Waals surface area contributed by atoms with Crippen molar-refractivity contribution in [2.75, 3.05) is 11.5 Å². The van der Waals surface area contributed by atoms with Crippen molar-refractivity contribution in [3.63, 3.8) is 0 Å². The predicted octanol–water partition coefficient (Wildman–Crippen LogP) is 2.35. The van der Waals surface area contributed by atoms with E-state index in [1.165, 1.54) is 0 Å². The van der Waals surface area contributed by atoms with Crippen LogP contribution in [0.15, 0.2) is 41.0 Å². The highest BCUT2D eigenvalue weighted by Gasteiger charge is 2.17. The summed E-state index contributed by atoms with van der Waals surface area (Å²) in [6.07, 6.45) is 1.56. The third-order valence-electron chi connectivity index (χ3n) is 3.53. The second-order valence-corrected chi connectivity index (χ2v) is 5.59. The molecule has 0 saturated heterocycles. The van der Waals surface area contributed by atoms with Gasteiger partial charge in [-0.1, -0.05) is 22.9 Å². The molecule has 0 saturated carbocycles. The number of hydrogen-bond donors (Lipinski definition) is 2. The Labute approximate surface area is 141 Å². The molecule has 0 aliphatic heterocycles. The van der Waals surface area contributed by atoms with E-state index in [0.29, 0.717) is 39.9 Å². The molecule has 3 heterocycles. The first-order valence-corrected chi connectivity index (χ1v) is 7.44. The molecule has 0 atom stereocenters. The van der Waals surface area contributed by atoms with Crippen molar-refractivity contribution in [3.8, 4) is 11.5 Å². The molecule has 0 aliphatic rings. The molecular formula is C15H12ClN7O. The number of nitrogen functional groups attached to an aromatic ring is 2. The van der Waals surface area contributed by atoms with Crippen LogP contribution >= 0.6 is 11.6 Å². The molecule has 4 aromatic rings. The fourth-order valence-electron chi connectivity index (χ4n) is 2.43. The van der Waals surface area contributed by atoms with Crippen molar-refractivity contribution >= 4 is 34.4 Å². The summed E-state index contributed by atoms with van der Waals surface area (Å²) in [5.41, 5.74) is 14.6. The fraction of sp³-hybridized carbons (Fsp3) is 0.0667. The van der Waals surface area contributed by atoms with Crippen molar-refractivity contribution in [2.45, 2.75) is 6.54 Å². The summed E-state index contributed by atoms with van der Waals surface area (Å²) in [5, 5.41) is 8.82. The Hall–Kier alpha value is -3.13. The number of nitrogens with two attached hydrogens (primary N) is 2. The smallest absolute Gasteiger partial charge is 0.222 e. The molecule has 0 radical (unpaired) electrons. The van der Waals surface area contributed by atoms with Gasteiger partial charge >= 0.3 is 0 Å². The lowest BCUT2D eigenvalue weighted by molar-refractivity contribution is 0.580. The normalized spacial score (nSPS) is 11.2. The van der Waals surface area contributed by atoms with Gasteiger partial charge in [-0.05, 0) is 29.8 Å². The van der Waals surface area contributed by atoms with E-state index in [4.69, 9.17) is 27.5 Å². The molecule has 0 bridgehead atoms. The Kier molecular flexibility index (Phi) is 3.31. The quantitative estimate of drug-likeness (QED) is 0.548. The van der Waals surface area contributed by atoms with Crippen LogP contribution in [0.5, 0.6) is 0 Å². The summed E-state index contributed by atoms with van der Waals surface area (Å²) in [7, 11) is 0. The molecule has 9 heteroatoms. The average Bonchev–Trinajstić information content (AvgIpc) is 3.21. The molecule has 1 aromatic carbocycles. The molecule has 0 fully saturated rings. The van der Waals surface area contributed by atoms with Gasteiger partial charge in [-0.3, -0.25) is 0 Å². The van der Waals surface area contributed by atoms with E-state index >= 15 is 0 Å². The second-order valence-electron chi connectivity index (χ2n) is 5.18. The zero-order chi connectivity index (χ0) is 16.7. The maximum Gasteiger partial charge on any atom is 0.222 e. The van der Waals surface area contributed by atoms with E-state index in [2.05, 4.69) is 20.3 Å². The van der Waals surface area contributed by atoms with Crippen LogP contribution in [-0.4, -0.2) is 25.0 Å². The van der Waals surface area contributed by atoms with Gasteiger partial charge in [0, 0.05) is 0 Å². The van der Waals surface area contributed by atoms with Gasteiger partial charge in [0.05, 0.1) is 23.5 Å². The van der Waals surface area contributed by atoms with Crippen molar-refractivity contribution in [1.29, 1.82) is 0 Å². The highest BCUT2D eigenvalue weighted by Crippen LogP contribution is 2.26. The molecule has 4 rings (SSSR count). The van der Waals surface area contributed by atoms with Gasteiger partial charge in [-0.15, -0.1) is 5.10 Å². The van der Waals surface area contributed by atoms with Gasteiger partial charge in [0.2, 0.25) is 5.95 Å². The van der Waals surface area contributed by atoms with E-state index in [-0.39, 0.29) is 5.95 Å². The monoisotopic (exact) mass is 341 g/mol. The zero-order valence-corrected chi connectivity index (χ0v) is 13.1. The first-order chi connectivity index (χ1) is 11.6. The minimum atomic E-state index is 0.119. The number of nitrogens with zero attached hydrogens (tertiary/aromatic N) is 5. The van der Waals surface area contributed by atoms with Crippen LogP contribution in [0.25, 0.3) is 22.6 Å². The highest BCUT2D eigenvalue weighted by atomic mass is 35.5. The Bertz CT molecular complexity index is 1030. The van der Waals surface area contributed by atoms with Crippen molar-refractivity contribution in [1.82, 2.24) is 25.0 Å². The SMILES string of the molecule is Nc1nc(-c2ccco2)c2nnn(Cc3ccc(Cl)c(N)c3)c2n1. The van der Waals surface area contributed by atoms with Crippen LogP contribution in [-0.2, 0) is 6.54 Å². The summed E-state index contributed by atoms with van der Waals surface area (Å²) in [6, 6.07) is 8.93. The predicted molar refractivity (Wildman–Crippen MR) is 90.2 cm³/mol. The maximum atomic E-state index is 5.95. The van der Waals surface area contributed by atoms with Crippen molar-refractivity contribution < 1.29 is 4.42 Å². The van der Waals surface area contributed by atoms with Crippen LogP contribution in [0.4, 0.5) is 11.6 Å². The number of hydrogen-bond acceptors (Lipinski definition) is 7. The number of rotatable bonds is 3. The average molecular weight is 342 g/mol. The lowest BCUT2D eigenvalue weighted by atomic mass is 10.2.